The van der Waals surface area contributed by atoms with E-state index in [2.05, 4.69) is 26.6 Å². The van der Waals surface area contributed by atoms with E-state index in [1.807, 2.05) is 59.8 Å². The van der Waals surface area contributed by atoms with Gasteiger partial charge in [-0.25, -0.2) is 9.37 Å². The van der Waals surface area contributed by atoms with E-state index in [9.17, 15) is 9.50 Å². The van der Waals surface area contributed by atoms with E-state index in [1.54, 1.807) is 12.1 Å². The van der Waals surface area contributed by atoms with E-state index < -0.39 is 5.60 Å². The molecular weight excluding hydrogens is 467 g/mol. The van der Waals surface area contributed by atoms with Gasteiger partial charge in [-0.05, 0) is 66.9 Å². The summed E-state index contributed by atoms with van der Waals surface area (Å²) in [6, 6.07) is 23.0. The Balaban J connectivity index is 1.18. The highest BCUT2D eigenvalue weighted by molar-refractivity contribution is 5.49. The first-order chi connectivity index (χ1) is 18.1. The number of benzene rings is 2. The summed E-state index contributed by atoms with van der Waals surface area (Å²) in [5, 5.41) is 11.6. The lowest BCUT2D eigenvalue weighted by atomic mass is 9.83. The van der Waals surface area contributed by atoms with Gasteiger partial charge in [-0.15, -0.1) is 0 Å². The van der Waals surface area contributed by atoms with Crippen molar-refractivity contribution in [2.24, 2.45) is 0 Å². The molecule has 0 amide bonds. The van der Waals surface area contributed by atoms with E-state index in [0.29, 0.717) is 38.2 Å². The maximum atomic E-state index is 14.3. The van der Waals surface area contributed by atoms with Gasteiger partial charge in [0.15, 0.2) is 0 Å². The molecule has 4 aromatic rings. The predicted molar refractivity (Wildman–Crippen MR) is 141 cm³/mol. The Bertz CT molecular complexity index is 1370. The Kier molecular flexibility index (Phi) is 6.40. The number of anilines is 1. The number of rotatable bonds is 5. The SMILES string of the molecule is OC1(c2ccc3c(c2)CN(Cc2cccn2-c2ccccn2)CCO3)CCN(c2ccccc2F)CC1. The molecule has 1 saturated heterocycles. The highest BCUT2D eigenvalue weighted by Crippen LogP contribution is 2.37. The largest absolute Gasteiger partial charge is 0.492 e. The molecule has 2 aliphatic rings. The first-order valence-electron chi connectivity index (χ1n) is 12.9. The number of pyridine rings is 1. The Morgan fingerprint density at radius 3 is 2.59 bits per heavy atom. The molecule has 2 aliphatic heterocycles. The number of nitrogens with zero attached hydrogens (tertiary/aromatic N) is 4. The second kappa shape index (κ2) is 10.00. The van der Waals surface area contributed by atoms with Gasteiger partial charge in [-0.2, -0.15) is 0 Å². The summed E-state index contributed by atoms with van der Waals surface area (Å²) in [6.07, 6.45) is 4.94. The van der Waals surface area contributed by atoms with Crippen molar-refractivity contribution >= 4 is 5.69 Å². The van der Waals surface area contributed by atoms with Crippen LogP contribution in [-0.4, -0.2) is 45.8 Å². The molecule has 190 valence electrons. The third kappa shape index (κ3) is 4.84. The average Bonchev–Trinajstić information content (AvgIpc) is 3.29. The topological polar surface area (TPSA) is 53.8 Å². The molecular formula is C30H31FN4O2. The molecule has 6 nitrogen and oxygen atoms in total. The summed E-state index contributed by atoms with van der Waals surface area (Å²) in [4.78, 5) is 8.89. The fourth-order valence-electron chi connectivity index (χ4n) is 5.48. The quantitative estimate of drug-likeness (QED) is 0.425. The van der Waals surface area contributed by atoms with Gasteiger partial charge >= 0.3 is 0 Å². The molecule has 0 aliphatic carbocycles. The van der Waals surface area contributed by atoms with Gasteiger partial charge in [0.2, 0.25) is 0 Å². The summed E-state index contributed by atoms with van der Waals surface area (Å²) < 4.78 is 22.5. The van der Waals surface area contributed by atoms with Crippen molar-refractivity contribution < 1.29 is 14.2 Å². The number of fused-ring (bicyclic) bond motifs is 1. The predicted octanol–water partition coefficient (Wildman–Crippen LogP) is 4.89. The van der Waals surface area contributed by atoms with Crippen LogP contribution in [0.3, 0.4) is 0 Å². The minimum absolute atomic E-state index is 0.218. The van der Waals surface area contributed by atoms with Crippen LogP contribution in [0.15, 0.2) is 85.2 Å². The number of hydrogen-bond donors (Lipinski definition) is 1. The highest BCUT2D eigenvalue weighted by Gasteiger charge is 2.35. The molecule has 7 heteroatoms. The van der Waals surface area contributed by atoms with Crippen LogP contribution in [0.25, 0.3) is 5.82 Å². The first-order valence-corrected chi connectivity index (χ1v) is 12.9. The van der Waals surface area contributed by atoms with Gasteiger partial charge in [0.05, 0.1) is 11.3 Å². The molecule has 0 bridgehead atoms. The minimum Gasteiger partial charge on any atom is -0.492 e. The fourth-order valence-corrected chi connectivity index (χ4v) is 5.48. The lowest BCUT2D eigenvalue weighted by Crippen LogP contribution is -2.43. The Morgan fingerprint density at radius 1 is 0.946 bits per heavy atom. The van der Waals surface area contributed by atoms with Crippen molar-refractivity contribution in [3.05, 3.63) is 108 Å². The van der Waals surface area contributed by atoms with Crippen molar-refractivity contribution in [2.75, 3.05) is 31.1 Å². The molecule has 2 aromatic carbocycles. The molecule has 0 radical (unpaired) electrons. The Hall–Kier alpha value is -3.68. The molecule has 0 spiro atoms. The second-order valence-corrected chi connectivity index (χ2v) is 9.91. The van der Waals surface area contributed by atoms with E-state index in [-0.39, 0.29) is 5.82 Å². The number of ether oxygens (including phenoxy) is 1. The average molecular weight is 499 g/mol. The van der Waals surface area contributed by atoms with E-state index in [1.165, 1.54) is 6.07 Å². The van der Waals surface area contributed by atoms with Crippen molar-refractivity contribution in [2.45, 2.75) is 31.5 Å². The van der Waals surface area contributed by atoms with E-state index in [0.717, 1.165) is 48.0 Å². The summed E-state index contributed by atoms with van der Waals surface area (Å²) in [5.74, 6) is 1.56. The lowest BCUT2D eigenvalue weighted by molar-refractivity contribution is 0.0115. The van der Waals surface area contributed by atoms with Crippen LogP contribution in [0, 0.1) is 5.82 Å². The zero-order valence-electron chi connectivity index (χ0n) is 20.8. The van der Waals surface area contributed by atoms with Crippen molar-refractivity contribution in [1.29, 1.82) is 0 Å². The Morgan fingerprint density at radius 2 is 1.78 bits per heavy atom. The third-order valence-corrected chi connectivity index (χ3v) is 7.56. The maximum Gasteiger partial charge on any atom is 0.146 e. The van der Waals surface area contributed by atoms with Crippen LogP contribution in [0.2, 0.25) is 0 Å². The van der Waals surface area contributed by atoms with Crippen LogP contribution < -0.4 is 9.64 Å². The van der Waals surface area contributed by atoms with Gasteiger partial charge in [-0.3, -0.25) is 4.90 Å². The van der Waals surface area contributed by atoms with Crippen LogP contribution in [0.4, 0.5) is 10.1 Å². The summed E-state index contributed by atoms with van der Waals surface area (Å²) in [6.45, 7) is 4.10. The molecule has 1 fully saturated rings. The summed E-state index contributed by atoms with van der Waals surface area (Å²) in [5.41, 5.74) is 2.81. The van der Waals surface area contributed by atoms with Gasteiger partial charge in [0, 0.05) is 56.4 Å². The number of aromatic nitrogens is 2. The van der Waals surface area contributed by atoms with Crippen LogP contribution in [-0.2, 0) is 18.7 Å². The molecule has 4 heterocycles. The standard InChI is InChI=1S/C30H31FN4O2/c31-26-7-1-2-8-27(26)34-16-12-30(36,13-17-34)24-10-11-28-23(20-24)21-33(18-19-37-28)22-25-6-5-15-35(25)29-9-3-4-14-32-29/h1-11,14-15,20,36H,12-13,16-19,21-22H2. The summed E-state index contributed by atoms with van der Waals surface area (Å²) in [7, 11) is 0. The molecule has 0 unspecified atom stereocenters. The zero-order valence-corrected chi connectivity index (χ0v) is 20.8. The van der Waals surface area contributed by atoms with Crippen molar-refractivity contribution in [3.63, 3.8) is 0 Å². The molecule has 0 atom stereocenters. The van der Waals surface area contributed by atoms with Crippen molar-refractivity contribution in [3.8, 4) is 11.6 Å². The van der Waals surface area contributed by atoms with Gasteiger partial charge in [-0.1, -0.05) is 24.3 Å². The van der Waals surface area contributed by atoms with Gasteiger partial charge < -0.3 is 19.3 Å². The number of halogens is 1. The monoisotopic (exact) mass is 498 g/mol. The second-order valence-electron chi connectivity index (χ2n) is 9.91. The van der Waals surface area contributed by atoms with Crippen LogP contribution in [0.5, 0.6) is 5.75 Å². The highest BCUT2D eigenvalue weighted by atomic mass is 19.1. The van der Waals surface area contributed by atoms with Crippen LogP contribution in [0.1, 0.15) is 29.7 Å². The first kappa shape index (κ1) is 23.7. The van der Waals surface area contributed by atoms with Crippen molar-refractivity contribution in [1.82, 2.24) is 14.5 Å². The number of para-hydroxylation sites is 1. The van der Waals surface area contributed by atoms with Gasteiger partial charge in [0.25, 0.3) is 0 Å². The smallest absolute Gasteiger partial charge is 0.146 e. The van der Waals surface area contributed by atoms with E-state index in [4.69, 9.17) is 4.74 Å². The molecule has 1 N–H and O–H groups in total. The molecule has 6 rings (SSSR count). The minimum atomic E-state index is -0.943. The molecule has 37 heavy (non-hydrogen) atoms. The summed E-state index contributed by atoms with van der Waals surface area (Å²) >= 11 is 0. The van der Waals surface area contributed by atoms with Gasteiger partial charge in [0.1, 0.15) is 24.0 Å². The maximum absolute atomic E-state index is 14.3. The molecule has 2 aromatic heterocycles. The fraction of sp³-hybridized carbons (Fsp3) is 0.300. The number of aliphatic hydroxyl groups is 1. The number of hydrogen-bond acceptors (Lipinski definition) is 5. The normalized spacial score (nSPS) is 17.6. The number of piperidine rings is 1. The van der Waals surface area contributed by atoms with E-state index >= 15 is 0 Å². The third-order valence-electron chi connectivity index (χ3n) is 7.56. The zero-order chi connectivity index (χ0) is 25.2. The van der Waals surface area contributed by atoms with Crippen LogP contribution >= 0.6 is 0 Å². The molecule has 0 saturated carbocycles. The lowest BCUT2D eigenvalue weighted by Gasteiger charge is -2.40. The Labute approximate surface area is 216 Å².